The van der Waals surface area contributed by atoms with Crippen LogP contribution in [0.5, 0.6) is 17.2 Å². The van der Waals surface area contributed by atoms with Crippen LogP contribution in [0.1, 0.15) is 5.56 Å². The predicted octanol–water partition coefficient (Wildman–Crippen LogP) is 5.01. The van der Waals surface area contributed by atoms with E-state index < -0.39 is 0 Å². The van der Waals surface area contributed by atoms with E-state index in [1.165, 1.54) is 0 Å². The molecule has 0 saturated carbocycles. The minimum Gasteiger partial charge on any atom is -0.496 e. The van der Waals surface area contributed by atoms with E-state index >= 15 is 0 Å². The monoisotopic (exact) mass is 326 g/mol. The van der Waals surface area contributed by atoms with Crippen LogP contribution in [0.3, 0.4) is 0 Å². The zero-order valence-electron chi connectivity index (χ0n) is 13.1. The maximum absolute atomic E-state index is 5.93. The Hall–Kier alpha value is -2.46. The Morgan fingerprint density at radius 1 is 0.826 bits per heavy atom. The highest BCUT2D eigenvalue weighted by atomic mass is 32.1. The molecule has 118 valence electrons. The molecule has 0 unspecified atom stereocenters. The van der Waals surface area contributed by atoms with E-state index in [4.69, 9.17) is 14.2 Å². The molecule has 3 rings (SSSR count). The maximum Gasteiger partial charge on any atom is 0.165 e. The summed E-state index contributed by atoms with van der Waals surface area (Å²) in [7, 11) is 3.31. The van der Waals surface area contributed by atoms with Gasteiger partial charge in [-0.25, -0.2) is 0 Å². The molecule has 0 spiro atoms. The zero-order valence-corrected chi connectivity index (χ0v) is 13.9. The van der Waals surface area contributed by atoms with Gasteiger partial charge in [-0.15, -0.1) is 11.3 Å². The second-order valence-electron chi connectivity index (χ2n) is 4.95. The fourth-order valence-electron chi connectivity index (χ4n) is 2.34. The van der Waals surface area contributed by atoms with Gasteiger partial charge in [-0.1, -0.05) is 36.4 Å². The SMILES string of the molecule is COc1cc(-c2cccs2)c(OC)cc1OCc1ccccc1. The molecule has 4 heteroatoms. The van der Waals surface area contributed by atoms with Crippen LogP contribution in [0.2, 0.25) is 0 Å². The Morgan fingerprint density at radius 3 is 2.26 bits per heavy atom. The summed E-state index contributed by atoms with van der Waals surface area (Å²) in [5.41, 5.74) is 2.11. The summed E-state index contributed by atoms with van der Waals surface area (Å²) in [6, 6.07) is 18.0. The van der Waals surface area contributed by atoms with Crippen LogP contribution < -0.4 is 14.2 Å². The lowest BCUT2D eigenvalue weighted by atomic mass is 10.1. The standard InChI is InChI=1S/C19H18O3S/c1-20-16-12-18(22-13-14-7-4-3-5-8-14)17(21-2)11-15(16)19-9-6-10-23-19/h3-12H,13H2,1-2H3. The molecule has 0 aliphatic carbocycles. The van der Waals surface area contributed by atoms with Crippen LogP contribution in [-0.4, -0.2) is 14.2 Å². The lowest BCUT2D eigenvalue weighted by molar-refractivity contribution is 0.282. The third kappa shape index (κ3) is 3.48. The van der Waals surface area contributed by atoms with Gasteiger partial charge in [-0.2, -0.15) is 0 Å². The number of thiophene rings is 1. The van der Waals surface area contributed by atoms with Crippen molar-refractivity contribution in [2.45, 2.75) is 6.61 Å². The van der Waals surface area contributed by atoms with Gasteiger partial charge < -0.3 is 14.2 Å². The average Bonchev–Trinajstić information content (AvgIpc) is 3.14. The third-order valence-corrected chi connectivity index (χ3v) is 4.41. The lowest BCUT2D eigenvalue weighted by Gasteiger charge is -2.15. The van der Waals surface area contributed by atoms with Crippen molar-refractivity contribution >= 4 is 11.3 Å². The topological polar surface area (TPSA) is 27.7 Å². The molecular formula is C19H18O3S. The highest BCUT2D eigenvalue weighted by Crippen LogP contribution is 2.41. The van der Waals surface area contributed by atoms with Gasteiger partial charge in [0.15, 0.2) is 11.5 Å². The van der Waals surface area contributed by atoms with E-state index in [9.17, 15) is 0 Å². The minimum atomic E-state index is 0.485. The van der Waals surface area contributed by atoms with Gasteiger partial charge in [0.05, 0.1) is 14.2 Å². The average molecular weight is 326 g/mol. The van der Waals surface area contributed by atoms with Gasteiger partial charge in [0.1, 0.15) is 12.4 Å². The Morgan fingerprint density at radius 2 is 1.61 bits per heavy atom. The van der Waals surface area contributed by atoms with Gasteiger partial charge in [0.2, 0.25) is 0 Å². The van der Waals surface area contributed by atoms with Gasteiger partial charge in [0, 0.05) is 16.5 Å². The largest absolute Gasteiger partial charge is 0.496 e. The molecule has 0 aliphatic rings. The van der Waals surface area contributed by atoms with Crippen molar-refractivity contribution in [2.75, 3.05) is 14.2 Å². The fourth-order valence-corrected chi connectivity index (χ4v) is 3.09. The summed E-state index contributed by atoms with van der Waals surface area (Å²) < 4.78 is 17.0. The van der Waals surface area contributed by atoms with Crippen molar-refractivity contribution in [3.05, 3.63) is 65.5 Å². The maximum atomic E-state index is 5.93. The molecule has 0 radical (unpaired) electrons. The van der Waals surface area contributed by atoms with Gasteiger partial charge in [0.25, 0.3) is 0 Å². The smallest absolute Gasteiger partial charge is 0.165 e. The number of rotatable bonds is 6. The summed E-state index contributed by atoms with van der Waals surface area (Å²) in [5.74, 6) is 2.15. The van der Waals surface area contributed by atoms with Crippen LogP contribution >= 0.6 is 11.3 Å². The minimum absolute atomic E-state index is 0.485. The highest BCUT2D eigenvalue weighted by Gasteiger charge is 2.14. The highest BCUT2D eigenvalue weighted by molar-refractivity contribution is 7.13. The molecule has 0 bridgehead atoms. The van der Waals surface area contributed by atoms with E-state index in [1.54, 1.807) is 25.6 Å². The van der Waals surface area contributed by atoms with Gasteiger partial charge in [-0.05, 0) is 23.1 Å². The molecule has 0 aliphatic heterocycles. The molecule has 0 saturated heterocycles. The molecule has 0 atom stereocenters. The molecule has 0 amide bonds. The van der Waals surface area contributed by atoms with E-state index in [0.717, 1.165) is 21.8 Å². The first kappa shape index (κ1) is 15.4. The molecule has 3 aromatic rings. The number of ether oxygens (including phenoxy) is 3. The van der Waals surface area contributed by atoms with E-state index in [0.29, 0.717) is 18.1 Å². The van der Waals surface area contributed by atoms with Crippen molar-refractivity contribution in [3.8, 4) is 27.7 Å². The fraction of sp³-hybridized carbons (Fsp3) is 0.158. The first-order valence-corrected chi connectivity index (χ1v) is 8.16. The lowest BCUT2D eigenvalue weighted by Crippen LogP contribution is -1.99. The zero-order chi connectivity index (χ0) is 16.1. The third-order valence-electron chi connectivity index (χ3n) is 3.51. The molecular weight excluding hydrogens is 308 g/mol. The molecule has 2 aromatic carbocycles. The van der Waals surface area contributed by atoms with Crippen LogP contribution in [0.15, 0.2) is 60.0 Å². The summed E-state index contributed by atoms with van der Waals surface area (Å²) in [5, 5.41) is 2.04. The van der Waals surface area contributed by atoms with E-state index in [2.05, 4.69) is 6.07 Å². The van der Waals surface area contributed by atoms with E-state index in [-0.39, 0.29) is 0 Å². The van der Waals surface area contributed by atoms with Crippen LogP contribution in [0.25, 0.3) is 10.4 Å². The molecule has 0 fully saturated rings. The summed E-state index contributed by atoms with van der Waals surface area (Å²) in [4.78, 5) is 1.13. The van der Waals surface area contributed by atoms with Crippen LogP contribution in [0, 0.1) is 0 Å². The second-order valence-corrected chi connectivity index (χ2v) is 5.90. The number of benzene rings is 2. The van der Waals surface area contributed by atoms with Crippen molar-refractivity contribution in [1.29, 1.82) is 0 Å². The quantitative estimate of drug-likeness (QED) is 0.637. The normalized spacial score (nSPS) is 10.3. The molecule has 1 aromatic heterocycles. The number of methoxy groups -OCH3 is 2. The number of hydrogen-bond acceptors (Lipinski definition) is 4. The number of hydrogen-bond donors (Lipinski definition) is 0. The van der Waals surface area contributed by atoms with E-state index in [1.807, 2.05) is 53.9 Å². The Balaban J connectivity index is 1.91. The summed E-state index contributed by atoms with van der Waals surface area (Å²) >= 11 is 1.66. The van der Waals surface area contributed by atoms with Crippen molar-refractivity contribution < 1.29 is 14.2 Å². The Labute approximate surface area is 140 Å². The van der Waals surface area contributed by atoms with Crippen LogP contribution in [-0.2, 0) is 6.61 Å². The molecule has 3 nitrogen and oxygen atoms in total. The summed E-state index contributed by atoms with van der Waals surface area (Å²) in [6.45, 7) is 0.485. The second kappa shape index (κ2) is 7.20. The predicted molar refractivity (Wildman–Crippen MR) is 93.6 cm³/mol. The van der Waals surface area contributed by atoms with Crippen molar-refractivity contribution in [3.63, 3.8) is 0 Å². The van der Waals surface area contributed by atoms with Crippen molar-refractivity contribution in [1.82, 2.24) is 0 Å². The Bertz CT molecular complexity index is 752. The van der Waals surface area contributed by atoms with Crippen molar-refractivity contribution in [2.24, 2.45) is 0 Å². The molecule has 23 heavy (non-hydrogen) atoms. The molecule has 0 N–H and O–H groups in total. The van der Waals surface area contributed by atoms with Gasteiger partial charge in [-0.3, -0.25) is 0 Å². The first-order chi connectivity index (χ1) is 11.3. The summed E-state index contributed by atoms with van der Waals surface area (Å²) in [6.07, 6.45) is 0. The first-order valence-electron chi connectivity index (χ1n) is 7.28. The Kier molecular flexibility index (Phi) is 4.83. The van der Waals surface area contributed by atoms with Crippen LogP contribution in [0.4, 0.5) is 0 Å². The molecule has 1 heterocycles. The van der Waals surface area contributed by atoms with Gasteiger partial charge >= 0.3 is 0 Å².